The molecule has 0 saturated heterocycles. The lowest BCUT2D eigenvalue weighted by atomic mass is 10.1. The number of non-ortho nitro benzene ring substituents is 1. The molecule has 3 aromatic rings. The lowest BCUT2D eigenvalue weighted by Crippen LogP contribution is -2.30. The number of nitrogens with one attached hydrogen (secondary N) is 1. The molecular formula is C23H26N4O7. The first-order chi connectivity index (χ1) is 16.1. The minimum Gasteiger partial charge on any atom is -0.506 e. The molecule has 1 heterocycles. The molecule has 11 nitrogen and oxygen atoms in total. The van der Waals surface area contributed by atoms with Gasteiger partial charge < -0.3 is 25.0 Å². The minimum atomic E-state index is -0.973. The molecule has 0 aliphatic carbocycles. The fraction of sp³-hybridized carbons (Fsp3) is 0.261. The third-order valence-corrected chi connectivity index (χ3v) is 4.76. The molecular weight excluding hydrogens is 444 g/mol. The standard InChI is InChI=1S/C20H19N3O6.C3H7NO/c1-2-3-10-22-15-7-5-4-6-13(15)18(25)17(20(22)27)19(26)21-14-11-12(23(28)29)8-9-16(14)24;1-4(2)3-5/h4-9,11,24-25H,2-3,10H2,1H3,(H,21,26);3H,1-2H3. The van der Waals surface area contributed by atoms with E-state index in [4.69, 9.17) is 0 Å². The van der Waals surface area contributed by atoms with Crippen LogP contribution < -0.4 is 10.9 Å². The van der Waals surface area contributed by atoms with Crippen LogP contribution in [0.3, 0.4) is 0 Å². The summed E-state index contributed by atoms with van der Waals surface area (Å²) in [7, 11) is 3.38. The molecule has 0 atom stereocenters. The number of benzene rings is 2. The van der Waals surface area contributed by atoms with Gasteiger partial charge in [0.15, 0.2) is 0 Å². The van der Waals surface area contributed by atoms with E-state index >= 15 is 0 Å². The van der Waals surface area contributed by atoms with Crippen molar-refractivity contribution in [3.63, 3.8) is 0 Å². The fourth-order valence-electron chi connectivity index (χ4n) is 3.05. The van der Waals surface area contributed by atoms with Gasteiger partial charge in [-0.2, -0.15) is 0 Å². The quantitative estimate of drug-likeness (QED) is 0.207. The number of nitrogens with zero attached hydrogens (tertiary/aromatic N) is 3. The Labute approximate surface area is 195 Å². The molecule has 0 spiro atoms. The molecule has 2 amide bonds. The number of carbonyl (C=O) groups is 2. The van der Waals surface area contributed by atoms with Crippen LogP contribution in [0, 0.1) is 10.1 Å². The van der Waals surface area contributed by atoms with Crippen LogP contribution in [0.4, 0.5) is 11.4 Å². The summed E-state index contributed by atoms with van der Waals surface area (Å²) in [6.07, 6.45) is 2.27. The van der Waals surface area contributed by atoms with Gasteiger partial charge in [-0.05, 0) is 24.6 Å². The number of hydrogen-bond donors (Lipinski definition) is 3. The highest BCUT2D eigenvalue weighted by Crippen LogP contribution is 2.30. The maximum Gasteiger partial charge on any atom is 0.271 e. The summed E-state index contributed by atoms with van der Waals surface area (Å²) in [6, 6.07) is 9.79. The molecule has 3 N–H and O–H groups in total. The van der Waals surface area contributed by atoms with E-state index in [-0.39, 0.29) is 11.4 Å². The van der Waals surface area contributed by atoms with Crippen LogP contribution in [0.2, 0.25) is 0 Å². The van der Waals surface area contributed by atoms with Gasteiger partial charge in [0.1, 0.15) is 17.1 Å². The van der Waals surface area contributed by atoms with Crippen LogP contribution in [-0.4, -0.2) is 51.0 Å². The number of pyridine rings is 1. The number of aryl methyl sites for hydroxylation is 1. The predicted octanol–water partition coefficient (Wildman–Crippen LogP) is 3.08. The van der Waals surface area contributed by atoms with Crippen molar-refractivity contribution in [1.82, 2.24) is 9.47 Å². The van der Waals surface area contributed by atoms with Gasteiger partial charge in [0, 0.05) is 38.2 Å². The van der Waals surface area contributed by atoms with Crippen molar-refractivity contribution in [2.45, 2.75) is 26.3 Å². The molecule has 0 bridgehead atoms. The average molecular weight is 470 g/mol. The van der Waals surface area contributed by atoms with Gasteiger partial charge in [-0.3, -0.25) is 24.5 Å². The van der Waals surface area contributed by atoms with Crippen LogP contribution in [0.1, 0.15) is 30.1 Å². The normalized spacial score (nSPS) is 10.2. The molecule has 180 valence electrons. The van der Waals surface area contributed by atoms with Crippen molar-refractivity contribution in [1.29, 1.82) is 0 Å². The van der Waals surface area contributed by atoms with E-state index in [2.05, 4.69) is 5.32 Å². The Bertz CT molecular complexity index is 1270. The van der Waals surface area contributed by atoms with Crippen molar-refractivity contribution in [3.8, 4) is 11.5 Å². The summed E-state index contributed by atoms with van der Waals surface area (Å²) >= 11 is 0. The average Bonchev–Trinajstić information content (AvgIpc) is 2.80. The number of aromatic nitrogens is 1. The summed E-state index contributed by atoms with van der Waals surface area (Å²) in [5.41, 5.74) is -1.27. The molecule has 0 aliphatic heterocycles. The Morgan fingerprint density at radius 3 is 2.44 bits per heavy atom. The molecule has 0 aliphatic rings. The first-order valence-corrected chi connectivity index (χ1v) is 10.4. The third-order valence-electron chi connectivity index (χ3n) is 4.76. The van der Waals surface area contributed by atoms with Gasteiger partial charge in [0.2, 0.25) is 6.41 Å². The molecule has 1 aromatic heterocycles. The highest BCUT2D eigenvalue weighted by Gasteiger charge is 2.23. The van der Waals surface area contributed by atoms with Gasteiger partial charge >= 0.3 is 0 Å². The summed E-state index contributed by atoms with van der Waals surface area (Å²) in [5.74, 6) is -1.87. The molecule has 34 heavy (non-hydrogen) atoms. The molecule has 0 unspecified atom stereocenters. The van der Waals surface area contributed by atoms with Crippen molar-refractivity contribution < 1.29 is 24.7 Å². The number of rotatable bonds is 7. The second-order valence-corrected chi connectivity index (χ2v) is 7.53. The summed E-state index contributed by atoms with van der Waals surface area (Å²) in [5, 5.41) is 34.1. The van der Waals surface area contributed by atoms with E-state index in [0.29, 0.717) is 23.9 Å². The van der Waals surface area contributed by atoms with Gasteiger partial charge in [0.25, 0.3) is 17.2 Å². The Kier molecular flexibility index (Phi) is 8.71. The molecule has 2 aromatic carbocycles. The molecule has 0 radical (unpaired) electrons. The second kappa shape index (κ2) is 11.5. The second-order valence-electron chi connectivity index (χ2n) is 7.53. The Morgan fingerprint density at radius 1 is 1.21 bits per heavy atom. The van der Waals surface area contributed by atoms with Gasteiger partial charge in [-0.15, -0.1) is 0 Å². The van der Waals surface area contributed by atoms with Gasteiger partial charge in [0.05, 0.1) is 16.1 Å². The smallest absolute Gasteiger partial charge is 0.271 e. The Morgan fingerprint density at radius 2 is 1.85 bits per heavy atom. The number of phenols is 1. The SMILES string of the molecule is CCCCn1c(=O)c(C(=O)Nc2cc([N+](=O)[O-])ccc2O)c(O)c2ccccc21.CN(C)C=O. The zero-order chi connectivity index (χ0) is 25.4. The van der Waals surface area contributed by atoms with Crippen LogP contribution in [-0.2, 0) is 11.3 Å². The zero-order valence-electron chi connectivity index (χ0n) is 19.0. The summed E-state index contributed by atoms with van der Waals surface area (Å²) in [4.78, 5) is 46.9. The lowest BCUT2D eigenvalue weighted by Gasteiger charge is -2.15. The van der Waals surface area contributed by atoms with Crippen molar-refractivity contribution in [2.75, 3.05) is 19.4 Å². The monoisotopic (exact) mass is 470 g/mol. The Balaban J connectivity index is 0.000000739. The number of unbranched alkanes of at least 4 members (excludes halogenated alkanes) is 1. The van der Waals surface area contributed by atoms with Gasteiger partial charge in [-0.25, -0.2) is 0 Å². The topological polar surface area (TPSA) is 155 Å². The maximum atomic E-state index is 13.0. The number of fused-ring (bicyclic) bond motifs is 1. The van der Waals surface area contributed by atoms with Crippen molar-refractivity contribution in [3.05, 3.63) is 68.5 Å². The number of phenolic OH excluding ortho intramolecular Hbond substituents is 1. The van der Waals surface area contributed by atoms with Crippen LogP contribution >= 0.6 is 0 Å². The highest BCUT2D eigenvalue weighted by atomic mass is 16.6. The van der Waals surface area contributed by atoms with E-state index in [0.717, 1.165) is 31.0 Å². The van der Waals surface area contributed by atoms with Gasteiger partial charge in [-0.1, -0.05) is 25.5 Å². The lowest BCUT2D eigenvalue weighted by molar-refractivity contribution is -0.384. The number of hydrogen-bond acceptors (Lipinski definition) is 7. The van der Waals surface area contributed by atoms with Crippen LogP contribution in [0.25, 0.3) is 10.9 Å². The third kappa shape index (κ3) is 5.88. The number of aromatic hydroxyl groups is 2. The van der Waals surface area contributed by atoms with Crippen LogP contribution in [0.5, 0.6) is 11.5 Å². The number of amides is 2. The number of anilines is 1. The van der Waals surface area contributed by atoms with Crippen molar-refractivity contribution in [2.24, 2.45) is 0 Å². The first-order valence-electron chi connectivity index (χ1n) is 10.4. The summed E-state index contributed by atoms with van der Waals surface area (Å²) < 4.78 is 1.42. The number of carbonyl (C=O) groups excluding carboxylic acids is 2. The maximum absolute atomic E-state index is 13.0. The number of nitro groups is 1. The molecule has 0 fully saturated rings. The predicted molar refractivity (Wildman–Crippen MR) is 127 cm³/mol. The zero-order valence-corrected chi connectivity index (χ0v) is 19.0. The van der Waals surface area contributed by atoms with E-state index in [1.165, 1.54) is 9.47 Å². The molecule has 0 saturated carbocycles. The highest BCUT2D eigenvalue weighted by molar-refractivity contribution is 6.09. The van der Waals surface area contributed by atoms with E-state index in [9.17, 15) is 34.7 Å². The number of nitro benzene ring substituents is 1. The first kappa shape index (κ1) is 25.8. The van der Waals surface area contributed by atoms with E-state index in [1.807, 2.05) is 6.92 Å². The Hall–Kier alpha value is -4.41. The molecule has 3 rings (SSSR count). The van der Waals surface area contributed by atoms with Crippen molar-refractivity contribution >= 4 is 34.6 Å². The van der Waals surface area contributed by atoms with E-state index in [1.54, 1.807) is 38.4 Å². The largest absolute Gasteiger partial charge is 0.506 e. The molecule has 11 heteroatoms. The summed E-state index contributed by atoms with van der Waals surface area (Å²) in [6.45, 7) is 2.32. The van der Waals surface area contributed by atoms with E-state index < -0.39 is 33.5 Å². The number of para-hydroxylation sites is 1. The van der Waals surface area contributed by atoms with Crippen LogP contribution in [0.15, 0.2) is 47.3 Å². The minimum absolute atomic E-state index is 0.240. The fourth-order valence-corrected chi connectivity index (χ4v) is 3.05.